The maximum absolute atomic E-state index is 6.48. The average molecular weight is 481 g/mol. The van der Waals surface area contributed by atoms with Crippen molar-refractivity contribution in [1.29, 1.82) is 0 Å². The third kappa shape index (κ3) is 6.27. The fourth-order valence-electron chi connectivity index (χ4n) is 4.33. The molecule has 0 aromatic heterocycles. The van der Waals surface area contributed by atoms with Crippen LogP contribution in [0.5, 0.6) is 17.2 Å². The minimum absolute atomic E-state index is 0.0739. The van der Waals surface area contributed by atoms with E-state index in [1.54, 1.807) is 0 Å². The van der Waals surface area contributed by atoms with Gasteiger partial charge in [-0.25, -0.2) is 0 Å². The number of hydrogen-bond acceptors (Lipinski definition) is 4. The van der Waals surface area contributed by atoms with Crippen molar-refractivity contribution >= 4 is 0 Å². The third-order valence-corrected chi connectivity index (χ3v) is 6.44. The minimum atomic E-state index is -0.188. The molecule has 4 nitrogen and oxygen atoms in total. The summed E-state index contributed by atoms with van der Waals surface area (Å²) in [6.45, 7) is 5.11. The lowest BCUT2D eigenvalue weighted by Crippen LogP contribution is -2.32. The Balaban J connectivity index is 1.25. The first-order valence-corrected chi connectivity index (χ1v) is 12.5. The van der Waals surface area contributed by atoms with Crippen LogP contribution in [0, 0.1) is 13.8 Å². The summed E-state index contributed by atoms with van der Waals surface area (Å²) in [5.74, 6) is 2.52. The molecule has 1 saturated heterocycles. The van der Waals surface area contributed by atoms with Gasteiger partial charge in [0, 0.05) is 6.42 Å². The normalized spacial score (nSPS) is 19.1. The largest absolute Gasteiger partial charge is 0.491 e. The zero-order chi connectivity index (χ0) is 24.7. The monoisotopic (exact) mass is 480 g/mol. The number of benzene rings is 4. The van der Waals surface area contributed by atoms with Crippen molar-refractivity contribution in [3.63, 3.8) is 0 Å². The fraction of sp³-hybridized carbons (Fsp3) is 0.250. The number of aryl methyl sites for hydroxylation is 2. The molecule has 0 unspecified atom stereocenters. The molecule has 0 bridgehead atoms. The quantitative estimate of drug-likeness (QED) is 0.253. The van der Waals surface area contributed by atoms with Gasteiger partial charge in [-0.3, -0.25) is 0 Å². The summed E-state index contributed by atoms with van der Waals surface area (Å²) in [7, 11) is 0. The minimum Gasteiger partial charge on any atom is -0.491 e. The topological polar surface area (TPSA) is 36.9 Å². The Bertz CT molecular complexity index is 1220. The molecule has 4 aromatic rings. The Kier molecular flexibility index (Phi) is 7.53. The van der Waals surface area contributed by atoms with Crippen LogP contribution in [-0.4, -0.2) is 18.8 Å². The van der Waals surface area contributed by atoms with E-state index in [0.717, 1.165) is 34.8 Å². The van der Waals surface area contributed by atoms with Crippen LogP contribution >= 0.6 is 0 Å². The molecule has 1 heterocycles. The van der Waals surface area contributed by atoms with Gasteiger partial charge in [0.2, 0.25) is 0 Å². The van der Waals surface area contributed by atoms with E-state index < -0.39 is 0 Å². The Labute approximate surface area is 213 Å². The summed E-state index contributed by atoms with van der Waals surface area (Å²) >= 11 is 0. The van der Waals surface area contributed by atoms with Crippen LogP contribution in [0.1, 0.15) is 34.8 Å². The van der Waals surface area contributed by atoms with E-state index in [9.17, 15) is 0 Å². The SMILES string of the molecule is Cc1ccc(OC[C@H]2O[C@@H](c3ccc(OCc4ccccc4)cc3)C[C@@H]2Oc2ccc(C)cc2)cc1. The molecule has 0 saturated carbocycles. The summed E-state index contributed by atoms with van der Waals surface area (Å²) < 4.78 is 24.9. The second-order valence-corrected chi connectivity index (χ2v) is 9.34. The lowest BCUT2D eigenvalue weighted by atomic mass is 10.0. The van der Waals surface area contributed by atoms with Gasteiger partial charge in [-0.2, -0.15) is 0 Å². The van der Waals surface area contributed by atoms with Crippen molar-refractivity contribution in [1.82, 2.24) is 0 Å². The highest BCUT2D eigenvalue weighted by Gasteiger charge is 2.38. The molecule has 0 N–H and O–H groups in total. The first kappa shape index (κ1) is 24.0. The maximum atomic E-state index is 6.48. The summed E-state index contributed by atoms with van der Waals surface area (Å²) in [5, 5.41) is 0. The standard InChI is InChI=1S/C32H32O4/c1-23-8-14-27(15-9-23)34-22-32-31(35-29-16-10-24(2)11-17-29)20-30(36-32)26-12-18-28(19-13-26)33-21-25-6-4-3-5-7-25/h3-19,30-32H,20-22H2,1-2H3/t30-,31+,32-/m1/s1. The van der Waals surface area contributed by atoms with Crippen molar-refractivity contribution in [2.24, 2.45) is 0 Å². The molecule has 36 heavy (non-hydrogen) atoms. The smallest absolute Gasteiger partial charge is 0.131 e. The third-order valence-electron chi connectivity index (χ3n) is 6.44. The van der Waals surface area contributed by atoms with Crippen LogP contribution < -0.4 is 14.2 Å². The first-order valence-electron chi connectivity index (χ1n) is 12.5. The van der Waals surface area contributed by atoms with Crippen LogP contribution in [-0.2, 0) is 11.3 Å². The summed E-state index contributed by atoms with van der Waals surface area (Å²) in [6.07, 6.45) is 0.374. The summed E-state index contributed by atoms with van der Waals surface area (Å²) in [6, 6.07) is 34.6. The molecule has 4 heteroatoms. The maximum Gasteiger partial charge on any atom is 0.131 e. The number of ether oxygens (including phenoxy) is 4. The van der Waals surface area contributed by atoms with Gasteiger partial charge in [-0.1, -0.05) is 77.9 Å². The molecular formula is C32H32O4. The van der Waals surface area contributed by atoms with Crippen LogP contribution in [0.4, 0.5) is 0 Å². The van der Waals surface area contributed by atoms with E-state index in [1.807, 2.05) is 54.6 Å². The van der Waals surface area contributed by atoms with Crippen molar-refractivity contribution in [3.05, 3.63) is 125 Å². The highest BCUT2D eigenvalue weighted by Crippen LogP contribution is 2.36. The van der Waals surface area contributed by atoms with Crippen LogP contribution in [0.15, 0.2) is 103 Å². The van der Waals surface area contributed by atoms with Gasteiger partial charge in [0.1, 0.15) is 42.7 Å². The van der Waals surface area contributed by atoms with E-state index in [-0.39, 0.29) is 18.3 Å². The van der Waals surface area contributed by atoms with Gasteiger partial charge in [0.15, 0.2) is 0 Å². The Hall–Kier alpha value is -3.76. The highest BCUT2D eigenvalue weighted by atomic mass is 16.6. The molecule has 3 atom stereocenters. The van der Waals surface area contributed by atoms with Crippen LogP contribution in [0.25, 0.3) is 0 Å². The fourth-order valence-corrected chi connectivity index (χ4v) is 4.33. The predicted octanol–water partition coefficient (Wildman–Crippen LogP) is 7.24. The van der Waals surface area contributed by atoms with E-state index in [0.29, 0.717) is 13.2 Å². The van der Waals surface area contributed by atoms with Crippen LogP contribution in [0.2, 0.25) is 0 Å². The molecule has 0 radical (unpaired) electrons. The lowest BCUT2D eigenvalue weighted by molar-refractivity contribution is -0.0107. The molecule has 4 aromatic carbocycles. The van der Waals surface area contributed by atoms with Gasteiger partial charge in [0.05, 0.1) is 6.10 Å². The predicted molar refractivity (Wildman–Crippen MR) is 142 cm³/mol. The highest BCUT2D eigenvalue weighted by molar-refractivity contribution is 5.31. The van der Waals surface area contributed by atoms with Crippen molar-refractivity contribution in [3.8, 4) is 17.2 Å². The van der Waals surface area contributed by atoms with Gasteiger partial charge in [-0.05, 0) is 61.4 Å². The molecule has 1 fully saturated rings. The first-order chi connectivity index (χ1) is 17.6. The Morgan fingerprint density at radius 2 is 1.25 bits per heavy atom. The molecule has 0 spiro atoms. The molecule has 1 aliphatic heterocycles. The zero-order valence-electron chi connectivity index (χ0n) is 20.8. The Morgan fingerprint density at radius 1 is 0.667 bits per heavy atom. The van der Waals surface area contributed by atoms with Gasteiger partial charge in [0.25, 0.3) is 0 Å². The molecule has 0 amide bonds. The van der Waals surface area contributed by atoms with E-state index in [1.165, 1.54) is 11.1 Å². The van der Waals surface area contributed by atoms with E-state index >= 15 is 0 Å². The zero-order valence-corrected chi connectivity index (χ0v) is 20.8. The number of hydrogen-bond donors (Lipinski definition) is 0. The summed E-state index contributed by atoms with van der Waals surface area (Å²) in [5.41, 5.74) is 4.67. The molecule has 5 rings (SSSR count). The molecule has 0 aliphatic carbocycles. The van der Waals surface area contributed by atoms with Crippen molar-refractivity contribution in [2.45, 2.75) is 45.2 Å². The Morgan fingerprint density at radius 3 is 1.92 bits per heavy atom. The van der Waals surface area contributed by atoms with Crippen molar-refractivity contribution in [2.75, 3.05) is 6.61 Å². The van der Waals surface area contributed by atoms with E-state index in [2.05, 4.69) is 62.4 Å². The average Bonchev–Trinajstić information content (AvgIpc) is 3.32. The lowest BCUT2D eigenvalue weighted by Gasteiger charge is -2.20. The molecule has 184 valence electrons. The second-order valence-electron chi connectivity index (χ2n) is 9.34. The van der Waals surface area contributed by atoms with Gasteiger partial charge < -0.3 is 18.9 Å². The molecular weight excluding hydrogens is 448 g/mol. The van der Waals surface area contributed by atoms with Crippen molar-refractivity contribution < 1.29 is 18.9 Å². The van der Waals surface area contributed by atoms with E-state index in [4.69, 9.17) is 18.9 Å². The number of rotatable bonds is 9. The van der Waals surface area contributed by atoms with Gasteiger partial charge in [-0.15, -0.1) is 0 Å². The van der Waals surface area contributed by atoms with Crippen LogP contribution in [0.3, 0.4) is 0 Å². The second kappa shape index (κ2) is 11.3. The molecule has 1 aliphatic rings. The summed E-state index contributed by atoms with van der Waals surface area (Å²) in [4.78, 5) is 0. The van der Waals surface area contributed by atoms with Gasteiger partial charge >= 0.3 is 0 Å².